The second-order valence-corrected chi connectivity index (χ2v) is 4.29. The predicted molar refractivity (Wildman–Crippen MR) is 68.1 cm³/mol. The zero-order chi connectivity index (χ0) is 13.0. The third kappa shape index (κ3) is 3.02. The maximum absolute atomic E-state index is 11.6. The van der Waals surface area contributed by atoms with Crippen LogP contribution in [0.4, 0.5) is 5.69 Å². The highest BCUT2D eigenvalue weighted by atomic mass is 32.1. The van der Waals surface area contributed by atoms with Crippen LogP contribution in [0.15, 0.2) is 29.6 Å². The molecule has 2 rings (SSSR count). The van der Waals surface area contributed by atoms with E-state index in [1.165, 1.54) is 0 Å². The molecule has 0 aliphatic rings. The van der Waals surface area contributed by atoms with Gasteiger partial charge in [-0.1, -0.05) is 16.6 Å². The summed E-state index contributed by atoms with van der Waals surface area (Å²) >= 11 is 1.10. The van der Waals surface area contributed by atoms with E-state index in [1.54, 1.807) is 29.6 Å². The molecule has 1 heterocycles. The quantitative estimate of drug-likeness (QED) is 0.701. The number of amides is 1. The minimum Gasteiger partial charge on any atom is -0.399 e. The van der Waals surface area contributed by atoms with Crippen LogP contribution in [0.5, 0.6) is 0 Å². The molecule has 2 aromatic rings. The molecule has 94 valence electrons. The van der Waals surface area contributed by atoms with Crippen LogP contribution in [-0.4, -0.2) is 27.1 Å². The van der Waals surface area contributed by atoms with E-state index in [-0.39, 0.29) is 18.1 Å². The standard InChI is InChI=1S/C11H12N4O2S/c12-8-3-1-7(2-4-8)10(16)5-13-11(17)9-6-18-15-14-9/h1-4,6,10,16H,5,12H2,(H,13,17). The number of aromatic nitrogens is 2. The summed E-state index contributed by atoms with van der Waals surface area (Å²) in [7, 11) is 0. The van der Waals surface area contributed by atoms with Gasteiger partial charge in [-0.05, 0) is 29.2 Å². The lowest BCUT2D eigenvalue weighted by Crippen LogP contribution is -2.28. The first-order chi connectivity index (χ1) is 8.66. The maximum Gasteiger partial charge on any atom is 0.272 e. The van der Waals surface area contributed by atoms with Crippen LogP contribution in [0.25, 0.3) is 0 Å². The fraction of sp³-hybridized carbons (Fsp3) is 0.182. The summed E-state index contributed by atoms with van der Waals surface area (Å²) in [5, 5.41) is 17.6. The second-order valence-electron chi connectivity index (χ2n) is 3.68. The van der Waals surface area contributed by atoms with E-state index in [2.05, 4.69) is 14.9 Å². The van der Waals surface area contributed by atoms with Crippen molar-refractivity contribution < 1.29 is 9.90 Å². The van der Waals surface area contributed by atoms with Gasteiger partial charge in [0.05, 0.1) is 6.10 Å². The van der Waals surface area contributed by atoms with Crippen molar-refractivity contribution in [2.24, 2.45) is 0 Å². The van der Waals surface area contributed by atoms with E-state index in [0.717, 1.165) is 11.5 Å². The molecule has 0 radical (unpaired) electrons. The van der Waals surface area contributed by atoms with Crippen molar-refractivity contribution >= 4 is 23.1 Å². The fourth-order valence-corrected chi connectivity index (χ4v) is 1.82. The summed E-state index contributed by atoms with van der Waals surface area (Å²) in [6.45, 7) is 0.111. The van der Waals surface area contributed by atoms with Crippen LogP contribution >= 0.6 is 11.5 Å². The van der Waals surface area contributed by atoms with Crippen LogP contribution in [0.2, 0.25) is 0 Å². The number of nitrogens with two attached hydrogens (primary N) is 1. The zero-order valence-corrected chi connectivity index (χ0v) is 10.2. The Balaban J connectivity index is 1.90. The zero-order valence-electron chi connectivity index (χ0n) is 9.41. The predicted octanol–water partition coefficient (Wildman–Crippen LogP) is 0.584. The third-order valence-electron chi connectivity index (χ3n) is 2.37. The van der Waals surface area contributed by atoms with E-state index >= 15 is 0 Å². The Labute approximate surface area is 108 Å². The van der Waals surface area contributed by atoms with Crippen molar-refractivity contribution in [3.05, 3.63) is 40.9 Å². The molecule has 0 bridgehead atoms. The largest absolute Gasteiger partial charge is 0.399 e. The molecule has 0 saturated carbocycles. The lowest BCUT2D eigenvalue weighted by Gasteiger charge is -2.11. The Bertz CT molecular complexity index is 512. The molecule has 0 spiro atoms. The van der Waals surface area contributed by atoms with Gasteiger partial charge >= 0.3 is 0 Å². The van der Waals surface area contributed by atoms with Gasteiger partial charge in [-0.3, -0.25) is 4.79 Å². The van der Waals surface area contributed by atoms with Gasteiger partial charge < -0.3 is 16.2 Å². The lowest BCUT2D eigenvalue weighted by atomic mass is 10.1. The van der Waals surface area contributed by atoms with Gasteiger partial charge in [0.2, 0.25) is 0 Å². The number of nitrogens with one attached hydrogen (secondary N) is 1. The topological polar surface area (TPSA) is 101 Å². The van der Waals surface area contributed by atoms with Crippen LogP contribution in [-0.2, 0) is 0 Å². The number of aliphatic hydroxyl groups excluding tert-OH is 1. The van der Waals surface area contributed by atoms with Crippen molar-refractivity contribution in [2.45, 2.75) is 6.10 Å². The summed E-state index contributed by atoms with van der Waals surface area (Å²) in [6.07, 6.45) is -0.777. The maximum atomic E-state index is 11.6. The number of nitrogen functional groups attached to an aromatic ring is 1. The van der Waals surface area contributed by atoms with Gasteiger partial charge in [-0.2, -0.15) is 0 Å². The highest BCUT2D eigenvalue weighted by molar-refractivity contribution is 7.03. The first kappa shape index (κ1) is 12.5. The van der Waals surface area contributed by atoms with Crippen molar-refractivity contribution in [3.63, 3.8) is 0 Å². The molecule has 1 amide bonds. The van der Waals surface area contributed by atoms with Gasteiger partial charge in [-0.15, -0.1) is 5.10 Å². The molecular formula is C11H12N4O2S. The van der Waals surface area contributed by atoms with E-state index < -0.39 is 6.10 Å². The number of rotatable bonds is 4. The molecule has 0 aliphatic heterocycles. The molecule has 1 atom stereocenters. The highest BCUT2D eigenvalue weighted by Gasteiger charge is 2.12. The number of hydrogen-bond donors (Lipinski definition) is 3. The van der Waals surface area contributed by atoms with E-state index in [9.17, 15) is 9.90 Å². The Kier molecular flexibility index (Phi) is 3.85. The molecule has 0 saturated heterocycles. The van der Waals surface area contributed by atoms with E-state index in [0.29, 0.717) is 11.3 Å². The monoisotopic (exact) mass is 264 g/mol. The van der Waals surface area contributed by atoms with Gasteiger partial charge in [-0.25, -0.2) is 0 Å². The number of nitrogens with zero attached hydrogens (tertiary/aromatic N) is 2. The number of carbonyl (C=O) groups excluding carboxylic acids is 1. The SMILES string of the molecule is Nc1ccc(C(O)CNC(=O)c2csnn2)cc1. The minimum absolute atomic E-state index is 0.111. The molecule has 1 aromatic heterocycles. The van der Waals surface area contributed by atoms with Crippen molar-refractivity contribution in [2.75, 3.05) is 12.3 Å². The average Bonchev–Trinajstić information content (AvgIpc) is 2.90. The van der Waals surface area contributed by atoms with Crippen molar-refractivity contribution in [1.29, 1.82) is 0 Å². The molecule has 4 N–H and O–H groups in total. The summed E-state index contributed by atoms with van der Waals surface area (Å²) < 4.78 is 3.59. The Morgan fingerprint density at radius 2 is 2.17 bits per heavy atom. The number of benzene rings is 1. The Morgan fingerprint density at radius 1 is 1.44 bits per heavy atom. The van der Waals surface area contributed by atoms with E-state index in [4.69, 9.17) is 5.73 Å². The first-order valence-electron chi connectivity index (χ1n) is 5.25. The van der Waals surface area contributed by atoms with Gasteiger partial charge in [0, 0.05) is 17.6 Å². The van der Waals surface area contributed by atoms with Crippen LogP contribution in [0, 0.1) is 0 Å². The third-order valence-corrected chi connectivity index (χ3v) is 2.87. The van der Waals surface area contributed by atoms with Gasteiger partial charge in [0.1, 0.15) is 0 Å². The molecule has 6 nitrogen and oxygen atoms in total. The minimum atomic E-state index is -0.777. The molecule has 0 fully saturated rings. The van der Waals surface area contributed by atoms with Crippen molar-refractivity contribution in [3.8, 4) is 0 Å². The molecule has 1 aromatic carbocycles. The summed E-state index contributed by atoms with van der Waals surface area (Å²) in [6, 6.07) is 6.84. The number of hydrogen-bond acceptors (Lipinski definition) is 6. The van der Waals surface area contributed by atoms with Gasteiger partial charge in [0.15, 0.2) is 5.69 Å². The van der Waals surface area contributed by atoms with Crippen LogP contribution in [0.1, 0.15) is 22.2 Å². The Morgan fingerprint density at radius 3 is 2.78 bits per heavy atom. The molecule has 7 heteroatoms. The van der Waals surface area contributed by atoms with Gasteiger partial charge in [0.25, 0.3) is 5.91 Å². The summed E-state index contributed by atoms with van der Waals surface area (Å²) in [5.74, 6) is -0.349. The smallest absolute Gasteiger partial charge is 0.272 e. The Hall–Kier alpha value is -1.99. The molecular weight excluding hydrogens is 252 g/mol. The van der Waals surface area contributed by atoms with Crippen LogP contribution < -0.4 is 11.1 Å². The highest BCUT2D eigenvalue weighted by Crippen LogP contribution is 2.13. The van der Waals surface area contributed by atoms with E-state index in [1.807, 2.05) is 0 Å². The molecule has 1 unspecified atom stereocenters. The first-order valence-corrected chi connectivity index (χ1v) is 6.09. The van der Waals surface area contributed by atoms with Crippen molar-refractivity contribution in [1.82, 2.24) is 14.9 Å². The number of aliphatic hydroxyl groups is 1. The summed E-state index contributed by atoms with van der Waals surface area (Å²) in [4.78, 5) is 11.6. The van der Waals surface area contributed by atoms with Crippen LogP contribution in [0.3, 0.4) is 0 Å². The molecule has 0 aliphatic carbocycles. The average molecular weight is 264 g/mol. The number of anilines is 1. The normalized spacial score (nSPS) is 12.1. The number of carbonyl (C=O) groups is 1. The lowest BCUT2D eigenvalue weighted by molar-refractivity contribution is 0.0911. The second kappa shape index (κ2) is 5.56. The molecule has 18 heavy (non-hydrogen) atoms. The summed E-state index contributed by atoms with van der Waals surface area (Å²) in [5.41, 5.74) is 7.13. The fourth-order valence-electron chi connectivity index (χ4n) is 1.38.